The summed E-state index contributed by atoms with van der Waals surface area (Å²) in [6.07, 6.45) is 0. The number of aromatic nitrogens is 1. The maximum Gasteiger partial charge on any atom is 0.340 e. The molecule has 2 rings (SSSR count). The highest BCUT2D eigenvalue weighted by Gasteiger charge is 2.19. The number of amides is 2. The molecule has 0 unspecified atom stereocenters. The molecule has 0 aliphatic rings. The van der Waals surface area contributed by atoms with E-state index in [1.807, 2.05) is 13.8 Å². The number of anilines is 2. The fraction of sp³-hybridized carbons (Fsp3) is 0.250. The zero-order chi connectivity index (χ0) is 17.7. The van der Waals surface area contributed by atoms with Crippen molar-refractivity contribution in [1.82, 2.24) is 4.98 Å². The fourth-order valence-electron chi connectivity index (χ4n) is 1.84. The van der Waals surface area contributed by atoms with Gasteiger partial charge < -0.3 is 10.1 Å². The highest BCUT2D eigenvalue weighted by Crippen LogP contribution is 2.21. The number of thiazole rings is 1. The summed E-state index contributed by atoms with van der Waals surface area (Å²) >= 11 is 1.28. The Hall–Kier alpha value is -2.74. The van der Waals surface area contributed by atoms with Crippen molar-refractivity contribution in [2.45, 2.75) is 20.8 Å². The number of hydrogen-bond acceptors (Lipinski definition) is 6. The number of para-hydroxylation sites is 1. The molecule has 0 saturated heterocycles. The van der Waals surface area contributed by atoms with Crippen molar-refractivity contribution in [3.8, 4) is 0 Å². The summed E-state index contributed by atoms with van der Waals surface area (Å²) in [6.45, 7) is 5.59. The van der Waals surface area contributed by atoms with Gasteiger partial charge >= 0.3 is 17.8 Å². The van der Waals surface area contributed by atoms with Crippen LogP contribution in [0.15, 0.2) is 24.3 Å². The SMILES string of the molecule is CCOC(=O)c1ccccc1NC(=O)C(=O)Nc1nc(C)c(C)s1. The molecule has 0 saturated carbocycles. The summed E-state index contributed by atoms with van der Waals surface area (Å²) in [6, 6.07) is 6.32. The van der Waals surface area contributed by atoms with Gasteiger partial charge in [0.2, 0.25) is 0 Å². The van der Waals surface area contributed by atoms with Gasteiger partial charge in [0.05, 0.1) is 23.6 Å². The second-order valence-corrected chi connectivity index (χ2v) is 6.04. The Kier molecular flexibility index (Phi) is 5.64. The molecule has 0 radical (unpaired) electrons. The van der Waals surface area contributed by atoms with Crippen LogP contribution < -0.4 is 10.6 Å². The molecular formula is C16H17N3O4S. The smallest absolute Gasteiger partial charge is 0.340 e. The van der Waals surface area contributed by atoms with E-state index in [4.69, 9.17) is 4.74 Å². The number of carbonyl (C=O) groups is 3. The molecule has 0 aliphatic carbocycles. The predicted molar refractivity (Wildman–Crippen MR) is 91.2 cm³/mol. The van der Waals surface area contributed by atoms with Gasteiger partial charge in [-0.25, -0.2) is 9.78 Å². The number of ether oxygens (including phenoxy) is 1. The molecule has 1 heterocycles. The molecule has 1 aromatic heterocycles. The summed E-state index contributed by atoms with van der Waals surface area (Å²) in [5.74, 6) is -2.32. The molecule has 7 nitrogen and oxygen atoms in total. The Morgan fingerprint density at radius 2 is 1.79 bits per heavy atom. The van der Waals surface area contributed by atoms with E-state index in [0.717, 1.165) is 10.6 Å². The van der Waals surface area contributed by atoms with Gasteiger partial charge in [0, 0.05) is 4.88 Å². The molecule has 126 valence electrons. The van der Waals surface area contributed by atoms with Gasteiger partial charge in [-0.15, -0.1) is 11.3 Å². The lowest BCUT2D eigenvalue weighted by Crippen LogP contribution is -2.29. The third-order valence-electron chi connectivity index (χ3n) is 3.13. The van der Waals surface area contributed by atoms with Gasteiger partial charge in [-0.1, -0.05) is 12.1 Å². The zero-order valence-electron chi connectivity index (χ0n) is 13.5. The van der Waals surface area contributed by atoms with Gasteiger partial charge in [0.15, 0.2) is 5.13 Å². The summed E-state index contributed by atoms with van der Waals surface area (Å²) < 4.78 is 4.92. The number of rotatable bonds is 4. The number of aryl methyl sites for hydroxylation is 2. The van der Waals surface area contributed by atoms with E-state index in [9.17, 15) is 14.4 Å². The van der Waals surface area contributed by atoms with Crippen LogP contribution in [0.2, 0.25) is 0 Å². The van der Waals surface area contributed by atoms with Crippen LogP contribution in [0.5, 0.6) is 0 Å². The van der Waals surface area contributed by atoms with E-state index in [1.165, 1.54) is 23.5 Å². The van der Waals surface area contributed by atoms with Crippen LogP contribution in [-0.4, -0.2) is 29.4 Å². The van der Waals surface area contributed by atoms with Crippen molar-refractivity contribution in [1.29, 1.82) is 0 Å². The number of benzene rings is 1. The minimum absolute atomic E-state index is 0.182. The van der Waals surface area contributed by atoms with Crippen LogP contribution >= 0.6 is 11.3 Å². The van der Waals surface area contributed by atoms with Crippen molar-refractivity contribution >= 4 is 39.9 Å². The van der Waals surface area contributed by atoms with Crippen LogP contribution in [0.1, 0.15) is 27.9 Å². The topological polar surface area (TPSA) is 97.4 Å². The van der Waals surface area contributed by atoms with Crippen molar-refractivity contribution in [2.75, 3.05) is 17.2 Å². The first kappa shape index (κ1) is 17.6. The second kappa shape index (κ2) is 7.69. The predicted octanol–water partition coefficient (Wildman–Crippen LogP) is 2.51. The molecule has 24 heavy (non-hydrogen) atoms. The molecular weight excluding hydrogens is 330 g/mol. The number of carbonyl (C=O) groups excluding carboxylic acids is 3. The highest BCUT2D eigenvalue weighted by molar-refractivity contribution is 7.15. The molecule has 0 fully saturated rings. The lowest BCUT2D eigenvalue weighted by atomic mass is 10.2. The minimum Gasteiger partial charge on any atom is -0.462 e. The maximum atomic E-state index is 12.0. The van der Waals surface area contributed by atoms with E-state index >= 15 is 0 Å². The number of nitrogens with zero attached hydrogens (tertiary/aromatic N) is 1. The molecule has 2 amide bonds. The van der Waals surface area contributed by atoms with E-state index in [-0.39, 0.29) is 17.9 Å². The van der Waals surface area contributed by atoms with Crippen molar-refractivity contribution in [2.24, 2.45) is 0 Å². The van der Waals surface area contributed by atoms with Gasteiger partial charge in [0.1, 0.15) is 0 Å². The number of esters is 1. The van der Waals surface area contributed by atoms with Gasteiger partial charge in [-0.2, -0.15) is 0 Å². The quantitative estimate of drug-likeness (QED) is 0.654. The third kappa shape index (κ3) is 4.17. The lowest BCUT2D eigenvalue weighted by Gasteiger charge is -2.09. The van der Waals surface area contributed by atoms with Gasteiger partial charge in [-0.3, -0.25) is 14.9 Å². The number of hydrogen-bond donors (Lipinski definition) is 2. The van der Waals surface area contributed by atoms with E-state index < -0.39 is 17.8 Å². The Morgan fingerprint density at radius 1 is 1.12 bits per heavy atom. The average molecular weight is 347 g/mol. The highest BCUT2D eigenvalue weighted by atomic mass is 32.1. The monoisotopic (exact) mass is 347 g/mol. The van der Waals surface area contributed by atoms with Crippen LogP contribution in [0.4, 0.5) is 10.8 Å². The first-order chi connectivity index (χ1) is 11.4. The van der Waals surface area contributed by atoms with Crippen molar-refractivity contribution in [3.05, 3.63) is 40.4 Å². The van der Waals surface area contributed by atoms with E-state index in [1.54, 1.807) is 19.1 Å². The molecule has 8 heteroatoms. The van der Waals surface area contributed by atoms with Gasteiger partial charge in [0.25, 0.3) is 0 Å². The van der Waals surface area contributed by atoms with E-state index in [2.05, 4.69) is 15.6 Å². The van der Waals surface area contributed by atoms with Crippen molar-refractivity contribution in [3.63, 3.8) is 0 Å². The lowest BCUT2D eigenvalue weighted by molar-refractivity contribution is -0.133. The zero-order valence-corrected chi connectivity index (χ0v) is 14.3. The Labute approximate surface area is 143 Å². The minimum atomic E-state index is -0.891. The van der Waals surface area contributed by atoms with Crippen LogP contribution in [0, 0.1) is 13.8 Å². The third-order valence-corrected chi connectivity index (χ3v) is 4.11. The Morgan fingerprint density at radius 3 is 2.42 bits per heavy atom. The maximum absolute atomic E-state index is 12.0. The largest absolute Gasteiger partial charge is 0.462 e. The molecule has 2 N–H and O–H groups in total. The van der Waals surface area contributed by atoms with Crippen LogP contribution in [0.3, 0.4) is 0 Å². The Balaban J connectivity index is 2.09. The van der Waals surface area contributed by atoms with Crippen LogP contribution in [-0.2, 0) is 14.3 Å². The number of nitrogens with one attached hydrogen (secondary N) is 2. The molecule has 0 bridgehead atoms. The molecule has 1 aromatic carbocycles. The fourth-order valence-corrected chi connectivity index (χ4v) is 2.65. The molecule has 0 aliphatic heterocycles. The standard InChI is InChI=1S/C16H17N3O4S/c1-4-23-15(22)11-7-5-6-8-12(11)18-13(20)14(21)19-16-17-9(2)10(3)24-16/h5-8H,4H2,1-3H3,(H,18,20)(H,17,19,21). The first-order valence-electron chi connectivity index (χ1n) is 7.25. The second-order valence-electron chi connectivity index (χ2n) is 4.83. The Bertz CT molecular complexity index is 766. The summed E-state index contributed by atoms with van der Waals surface area (Å²) in [5, 5.41) is 5.20. The molecule has 0 atom stereocenters. The average Bonchev–Trinajstić information content (AvgIpc) is 2.85. The van der Waals surface area contributed by atoms with Crippen molar-refractivity contribution < 1.29 is 19.1 Å². The van der Waals surface area contributed by atoms with E-state index in [0.29, 0.717) is 5.13 Å². The first-order valence-corrected chi connectivity index (χ1v) is 8.06. The molecule has 2 aromatic rings. The summed E-state index contributed by atoms with van der Waals surface area (Å²) in [4.78, 5) is 41.0. The van der Waals surface area contributed by atoms with Gasteiger partial charge in [-0.05, 0) is 32.9 Å². The normalized spacial score (nSPS) is 10.1. The summed E-state index contributed by atoms with van der Waals surface area (Å²) in [5.41, 5.74) is 1.19. The van der Waals surface area contributed by atoms with Crippen LogP contribution in [0.25, 0.3) is 0 Å². The molecule has 0 spiro atoms. The summed E-state index contributed by atoms with van der Waals surface area (Å²) in [7, 11) is 0.